The normalized spacial score (nSPS) is 10.6. The third-order valence-corrected chi connectivity index (χ3v) is 4.67. The first-order valence-corrected chi connectivity index (χ1v) is 9.39. The molecular formula is C23H18N4O4. The van der Waals surface area contributed by atoms with E-state index in [1.165, 1.54) is 18.2 Å². The number of anilines is 1. The van der Waals surface area contributed by atoms with Gasteiger partial charge in [-0.2, -0.15) is 0 Å². The Kier molecular flexibility index (Phi) is 5.44. The van der Waals surface area contributed by atoms with Crippen molar-refractivity contribution >= 4 is 11.6 Å². The second-order valence-corrected chi connectivity index (χ2v) is 6.75. The number of phenolic OH excluding ortho intramolecular Hbond substituents is 1. The molecule has 1 heterocycles. The van der Waals surface area contributed by atoms with Gasteiger partial charge in [0.25, 0.3) is 5.69 Å². The molecule has 4 aromatic rings. The van der Waals surface area contributed by atoms with Gasteiger partial charge in [-0.15, -0.1) is 0 Å². The number of ether oxygens (including phenoxy) is 1. The SMILES string of the molecule is Nc1ncc(-c2ccccc2)c(-c2ccc(OCc3ccc([N+](=O)[O-])cc3)cc2O)n1. The van der Waals surface area contributed by atoms with Gasteiger partial charge in [0.15, 0.2) is 0 Å². The molecule has 4 rings (SSSR count). The number of phenols is 1. The van der Waals surface area contributed by atoms with Gasteiger partial charge in [0.05, 0.1) is 10.6 Å². The summed E-state index contributed by atoms with van der Waals surface area (Å²) in [6.07, 6.45) is 1.63. The molecule has 8 nitrogen and oxygen atoms in total. The van der Waals surface area contributed by atoms with Crippen LogP contribution in [0.3, 0.4) is 0 Å². The maximum absolute atomic E-state index is 10.7. The molecule has 8 heteroatoms. The number of nitrogen functional groups attached to an aromatic ring is 1. The minimum absolute atomic E-state index is 0.0171. The van der Waals surface area contributed by atoms with E-state index in [0.717, 1.165) is 16.7 Å². The summed E-state index contributed by atoms with van der Waals surface area (Å²) in [5.74, 6) is 0.534. The number of aromatic hydroxyl groups is 1. The van der Waals surface area contributed by atoms with E-state index in [2.05, 4.69) is 9.97 Å². The molecular weight excluding hydrogens is 396 g/mol. The monoisotopic (exact) mass is 414 g/mol. The van der Waals surface area contributed by atoms with E-state index >= 15 is 0 Å². The molecule has 0 aliphatic rings. The molecule has 0 amide bonds. The average molecular weight is 414 g/mol. The zero-order chi connectivity index (χ0) is 21.8. The second-order valence-electron chi connectivity index (χ2n) is 6.75. The third kappa shape index (κ3) is 4.43. The summed E-state index contributed by atoms with van der Waals surface area (Å²) in [6.45, 7) is 0.201. The Morgan fingerprint density at radius 1 is 1.00 bits per heavy atom. The highest BCUT2D eigenvalue weighted by molar-refractivity contribution is 5.83. The molecule has 0 aliphatic heterocycles. The van der Waals surface area contributed by atoms with E-state index in [-0.39, 0.29) is 24.0 Å². The molecule has 0 bridgehead atoms. The first kappa shape index (κ1) is 19.8. The summed E-state index contributed by atoms with van der Waals surface area (Å²) < 4.78 is 5.72. The summed E-state index contributed by atoms with van der Waals surface area (Å²) in [7, 11) is 0. The number of nitro benzene ring substituents is 1. The van der Waals surface area contributed by atoms with Gasteiger partial charge in [-0.1, -0.05) is 30.3 Å². The lowest BCUT2D eigenvalue weighted by atomic mass is 10.00. The van der Waals surface area contributed by atoms with Gasteiger partial charge in [-0.05, 0) is 35.4 Å². The molecule has 0 saturated carbocycles. The fourth-order valence-corrected chi connectivity index (χ4v) is 3.11. The van der Waals surface area contributed by atoms with Gasteiger partial charge in [-0.25, -0.2) is 9.97 Å². The number of rotatable bonds is 6. The van der Waals surface area contributed by atoms with E-state index in [0.29, 0.717) is 17.0 Å². The Hall–Kier alpha value is -4.46. The van der Waals surface area contributed by atoms with Crippen molar-refractivity contribution in [2.24, 2.45) is 0 Å². The first-order chi connectivity index (χ1) is 15.0. The fraction of sp³-hybridized carbons (Fsp3) is 0.0435. The van der Waals surface area contributed by atoms with E-state index in [1.54, 1.807) is 30.5 Å². The molecule has 0 fully saturated rings. The van der Waals surface area contributed by atoms with Crippen molar-refractivity contribution in [1.29, 1.82) is 0 Å². The molecule has 0 spiro atoms. The summed E-state index contributed by atoms with van der Waals surface area (Å²) >= 11 is 0. The molecule has 0 radical (unpaired) electrons. The lowest BCUT2D eigenvalue weighted by Gasteiger charge is -2.12. The van der Waals surface area contributed by atoms with Crippen LogP contribution in [0, 0.1) is 10.1 Å². The summed E-state index contributed by atoms with van der Waals surface area (Å²) in [6, 6.07) is 20.6. The van der Waals surface area contributed by atoms with Gasteiger partial charge in [0.1, 0.15) is 18.1 Å². The summed E-state index contributed by atoms with van der Waals surface area (Å²) in [4.78, 5) is 18.7. The number of hydrogen-bond donors (Lipinski definition) is 2. The molecule has 0 saturated heterocycles. The van der Waals surface area contributed by atoms with Crippen LogP contribution in [-0.2, 0) is 6.61 Å². The Bertz CT molecular complexity index is 1230. The first-order valence-electron chi connectivity index (χ1n) is 9.39. The smallest absolute Gasteiger partial charge is 0.269 e. The van der Waals surface area contributed by atoms with Gasteiger partial charge >= 0.3 is 0 Å². The Labute approximate surface area is 177 Å². The number of nitrogens with zero attached hydrogens (tertiary/aromatic N) is 3. The lowest BCUT2D eigenvalue weighted by molar-refractivity contribution is -0.384. The van der Waals surface area contributed by atoms with Crippen molar-refractivity contribution < 1.29 is 14.8 Å². The largest absolute Gasteiger partial charge is 0.507 e. The number of hydrogen-bond acceptors (Lipinski definition) is 7. The minimum atomic E-state index is -0.453. The van der Waals surface area contributed by atoms with Crippen LogP contribution in [0.25, 0.3) is 22.4 Å². The van der Waals surface area contributed by atoms with Gasteiger partial charge in [0.2, 0.25) is 5.95 Å². The molecule has 154 valence electrons. The van der Waals surface area contributed by atoms with E-state index in [9.17, 15) is 15.2 Å². The predicted octanol–water partition coefficient (Wildman–Crippen LogP) is 4.59. The van der Waals surface area contributed by atoms with Crippen molar-refractivity contribution in [2.75, 3.05) is 5.73 Å². The predicted molar refractivity (Wildman–Crippen MR) is 116 cm³/mol. The molecule has 3 N–H and O–H groups in total. The lowest BCUT2D eigenvalue weighted by Crippen LogP contribution is -1.99. The minimum Gasteiger partial charge on any atom is -0.507 e. The highest BCUT2D eigenvalue weighted by Gasteiger charge is 2.15. The molecule has 0 unspecified atom stereocenters. The Morgan fingerprint density at radius 3 is 2.42 bits per heavy atom. The Morgan fingerprint density at radius 2 is 1.74 bits per heavy atom. The number of nitro groups is 1. The zero-order valence-electron chi connectivity index (χ0n) is 16.3. The fourth-order valence-electron chi connectivity index (χ4n) is 3.11. The van der Waals surface area contributed by atoms with Gasteiger partial charge < -0.3 is 15.6 Å². The molecule has 0 aliphatic carbocycles. The number of nitrogens with two attached hydrogens (primary N) is 1. The van der Waals surface area contributed by atoms with E-state index in [1.807, 2.05) is 30.3 Å². The molecule has 0 atom stereocenters. The zero-order valence-corrected chi connectivity index (χ0v) is 16.3. The maximum atomic E-state index is 10.7. The van der Waals surface area contributed by atoms with Crippen LogP contribution >= 0.6 is 0 Å². The molecule has 3 aromatic carbocycles. The van der Waals surface area contributed by atoms with Crippen LogP contribution in [0.2, 0.25) is 0 Å². The van der Waals surface area contributed by atoms with Crippen LogP contribution in [0.15, 0.2) is 79.0 Å². The quantitative estimate of drug-likeness (QED) is 0.349. The van der Waals surface area contributed by atoms with Crippen LogP contribution in [0.5, 0.6) is 11.5 Å². The van der Waals surface area contributed by atoms with Crippen LogP contribution in [0.4, 0.5) is 11.6 Å². The summed E-state index contributed by atoms with van der Waals surface area (Å²) in [5, 5.41) is 21.4. The Balaban J connectivity index is 1.58. The van der Waals surface area contributed by atoms with E-state index in [4.69, 9.17) is 10.5 Å². The maximum Gasteiger partial charge on any atom is 0.269 e. The third-order valence-electron chi connectivity index (χ3n) is 4.67. The number of non-ortho nitro benzene ring substituents is 1. The van der Waals surface area contributed by atoms with Crippen molar-refractivity contribution in [3.05, 3.63) is 94.7 Å². The molecule has 31 heavy (non-hydrogen) atoms. The van der Waals surface area contributed by atoms with Crippen molar-refractivity contribution in [3.8, 4) is 33.9 Å². The van der Waals surface area contributed by atoms with Crippen LogP contribution < -0.4 is 10.5 Å². The van der Waals surface area contributed by atoms with E-state index < -0.39 is 4.92 Å². The standard InChI is InChI=1S/C23H18N4O4/c24-23-25-13-20(16-4-2-1-3-5-16)22(26-23)19-11-10-18(12-21(19)28)31-14-15-6-8-17(9-7-15)27(29)30/h1-13,28H,14H2,(H2,24,25,26). The van der Waals surface area contributed by atoms with Gasteiger partial charge in [0, 0.05) is 35.5 Å². The molecule has 1 aromatic heterocycles. The second kappa shape index (κ2) is 8.50. The van der Waals surface area contributed by atoms with Crippen molar-refractivity contribution in [3.63, 3.8) is 0 Å². The highest BCUT2D eigenvalue weighted by Crippen LogP contribution is 2.37. The number of benzene rings is 3. The van der Waals surface area contributed by atoms with Crippen LogP contribution in [0.1, 0.15) is 5.56 Å². The van der Waals surface area contributed by atoms with Gasteiger partial charge in [-0.3, -0.25) is 10.1 Å². The van der Waals surface area contributed by atoms with Crippen molar-refractivity contribution in [2.45, 2.75) is 6.61 Å². The summed E-state index contributed by atoms with van der Waals surface area (Å²) in [5.41, 5.74) is 9.23. The number of aromatic nitrogens is 2. The topological polar surface area (TPSA) is 124 Å². The van der Waals surface area contributed by atoms with Crippen LogP contribution in [-0.4, -0.2) is 20.0 Å². The van der Waals surface area contributed by atoms with Crippen molar-refractivity contribution in [1.82, 2.24) is 9.97 Å². The average Bonchev–Trinajstić information content (AvgIpc) is 2.78. The highest BCUT2D eigenvalue weighted by atomic mass is 16.6.